The molecule has 0 aliphatic rings. The second kappa shape index (κ2) is 8.98. The number of amides is 1. The Morgan fingerprint density at radius 2 is 1.80 bits per heavy atom. The van der Waals surface area contributed by atoms with Gasteiger partial charge in [-0.2, -0.15) is 0 Å². The summed E-state index contributed by atoms with van der Waals surface area (Å²) in [5.74, 6) is -0.858. The second-order valence-corrected chi connectivity index (χ2v) is 6.01. The monoisotopic (exact) mass is 405 g/mol. The highest BCUT2D eigenvalue weighted by Crippen LogP contribution is 2.15. The fraction of sp³-hybridized carbons (Fsp3) is 0.167. The second-order valence-electron chi connectivity index (χ2n) is 5.09. The third-order valence-corrected chi connectivity index (χ3v) is 3.56. The van der Waals surface area contributed by atoms with Gasteiger partial charge in [0.25, 0.3) is 5.91 Å². The van der Waals surface area contributed by atoms with Gasteiger partial charge < -0.3 is 14.8 Å². The van der Waals surface area contributed by atoms with Gasteiger partial charge in [-0.3, -0.25) is 9.59 Å². The summed E-state index contributed by atoms with van der Waals surface area (Å²) in [6, 6.07) is 13.5. The molecule has 2 aromatic rings. The van der Waals surface area contributed by atoms with Gasteiger partial charge in [-0.1, -0.05) is 34.1 Å². The summed E-state index contributed by atoms with van der Waals surface area (Å²) >= 11 is 3.30. The summed E-state index contributed by atoms with van der Waals surface area (Å²) in [7, 11) is 0. The van der Waals surface area contributed by atoms with Crippen molar-refractivity contribution in [1.82, 2.24) is 0 Å². The van der Waals surface area contributed by atoms with Gasteiger partial charge >= 0.3 is 5.97 Å². The summed E-state index contributed by atoms with van der Waals surface area (Å²) in [5.41, 5.74) is 1.08. The van der Waals surface area contributed by atoms with E-state index in [-0.39, 0.29) is 12.4 Å². The maximum atomic E-state index is 11.7. The minimum Gasteiger partial charge on any atom is -0.482 e. The highest BCUT2D eigenvalue weighted by Gasteiger charge is 2.10. The molecule has 0 aliphatic heterocycles. The molecule has 0 atom stereocenters. The van der Waals surface area contributed by atoms with Crippen LogP contribution in [0.25, 0.3) is 0 Å². The van der Waals surface area contributed by atoms with Crippen LogP contribution in [0.4, 0.5) is 5.69 Å². The quantitative estimate of drug-likeness (QED) is 0.564. The van der Waals surface area contributed by atoms with Crippen LogP contribution in [0.1, 0.15) is 17.3 Å². The highest BCUT2D eigenvalue weighted by atomic mass is 79.9. The average Bonchev–Trinajstić information content (AvgIpc) is 2.58. The summed E-state index contributed by atoms with van der Waals surface area (Å²) in [6.45, 7) is 0.672. The summed E-state index contributed by atoms with van der Waals surface area (Å²) in [4.78, 5) is 34.7. The van der Waals surface area contributed by atoms with E-state index in [2.05, 4.69) is 21.2 Å². The molecule has 2 aromatic carbocycles. The van der Waals surface area contributed by atoms with E-state index in [1.54, 1.807) is 36.4 Å². The number of hydrogen-bond acceptors (Lipinski definition) is 5. The molecule has 1 N–H and O–H groups in total. The van der Waals surface area contributed by atoms with Crippen LogP contribution in [0.3, 0.4) is 0 Å². The van der Waals surface area contributed by atoms with Gasteiger partial charge in [-0.25, -0.2) is 4.79 Å². The molecule has 0 radical (unpaired) electrons. The number of nitrogens with one attached hydrogen (secondary N) is 1. The zero-order chi connectivity index (χ0) is 18.2. The van der Waals surface area contributed by atoms with E-state index in [0.29, 0.717) is 17.0 Å². The van der Waals surface area contributed by atoms with Gasteiger partial charge in [0.1, 0.15) is 5.75 Å². The number of benzene rings is 2. The van der Waals surface area contributed by atoms with Gasteiger partial charge in [0, 0.05) is 15.7 Å². The Balaban J connectivity index is 1.76. The normalized spacial score (nSPS) is 10.0. The first-order valence-corrected chi connectivity index (χ1v) is 8.18. The number of Topliss-reactive ketones (excluding diaryl/α,β-unsaturated/α-hetero) is 1. The lowest BCUT2D eigenvalue weighted by Gasteiger charge is -2.08. The smallest absolute Gasteiger partial charge is 0.344 e. The van der Waals surface area contributed by atoms with Gasteiger partial charge in [-0.05, 0) is 37.3 Å². The molecule has 1 amide bonds. The molecule has 2 rings (SSSR count). The van der Waals surface area contributed by atoms with Crippen molar-refractivity contribution in [3.63, 3.8) is 0 Å². The van der Waals surface area contributed by atoms with Crippen molar-refractivity contribution >= 4 is 39.3 Å². The standard InChI is InChI=1S/C18H16BrNO5/c1-12(21)13-4-2-7-16(8-13)24-11-18(23)25-10-17(22)20-15-6-3-5-14(19)9-15/h2-9H,10-11H2,1H3,(H,20,22). The minimum absolute atomic E-state index is 0.0998. The third kappa shape index (κ3) is 6.39. The van der Waals surface area contributed by atoms with Crippen LogP contribution < -0.4 is 10.1 Å². The lowest BCUT2D eigenvalue weighted by molar-refractivity contribution is -0.149. The number of hydrogen-bond donors (Lipinski definition) is 1. The van der Waals surface area contributed by atoms with E-state index in [0.717, 1.165) is 4.47 Å². The molecule has 0 unspecified atom stereocenters. The fourth-order valence-corrected chi connectivity index (χ4v) is 2.30. The third-order valence-electron chi connectivity index (χ3n) is 3.07. The van der Waals surface area contributed by atoms with Gasteiger partial charge in [-0.15, -0.1) is 0 Å². The molecular weight excluding hydrogens is 390 g/mol. The Labute approximate surface area is 153 Å². The number of ether oxygens (including phenoxy) is 2. The zero-order valence-corrected chi connectivity index (χ0v) is 15.0. The van der Waals surface area contributed by atoms with E-state index in [9.17, 15) is 14.4 Å². The number of rotatable bonds is 7. The number of carbonyl (C=O) groups is 3. The SMILES string of the molecule is CC(=O)c1cccc(OCC(=O)OCC(=O)Nc2cccc(Br)c2)c1. The van der Waals surface area contributed by atoms with E-state index < -0.39 is 18.5 Å². The molecule has 0 aromatic heterocycles. The predicted molar refractivity (Wildman–Crippen MR) is 95.7 cm³/mol. The molecule has 7 heteroatoms. The first-order chi connectivity index (χ1) is 11.9. The zero-order valence-electron chi connectivity index (χ0n) is 13.5. The fourth-order valence-electron chi connectivity index (χ4n) is 1.90. The van der Waals surface area contributed by atoms with E-state index >= 15 is 0 Å². The van der Waals surface area contributed by atoms with E-state index in [1.807, 2.05) is 6.07 Å². The number of anilines is 1. The molecular formula is C18H16BrNO5. The summed E-state index contributed by atoms with van der Waals surface area (Å²) < 4.78 is 10.9. The predicted octanol–water partition coefficient (Wildman–Crippen LogP) is 3.21. The first kappa shape index (κ1) is 18.7. The van der Waals surface area contributed by atoms with Crippen LogP contribution in [-0.2, 0) is 14.3 Å². The van der Waals surface area contributed by atoms with Crippen molar-refractivity contribution in [2.24, 2.45) is 0 Å². The molecule has 0 heterocycles. The molecule has 0 fully saturated rings. The van der Waals surface area contributed by atoms with Crippen molar-refractivity contribution in [3.8, 4) is 5.75 Å². The Morgan fingerprint density at radius 3 is 2.52 bits per heavy atom. The molecule has 6 nitrogen and oxygen atoms in total. The van der Waals surface area contributed by atoms with Crippen molar-refractivity contribution < 1.29 is 23.9 Å². The Hall–Kier alpha value is -2.67. The lowest BCUT2D eigenvalue weighted by atomic mass is 10.1. The molecule has 25 heavy (non-hydrogen) atoms. The summed E-state index contributed by atoms with van der Waals surface area (Å²) in [5, 5.41) is 2.61. The van der Waals surface area contributed by atoms with Crippen molar-refractivity contribution in [2.45, 2.75) is 6.92 Å². The highest BCUT2D eigenvalue weighted by molar-refractivity contribution is 9.10. The van der Waals surface area contributed by atoms with Crippen LogP contribution in [0.15, 0.2) is 53.0 Å². The molecule has 0 spiro atoms. The molecule has 0 saturated carbocycles. The first-order valence-electron chi connectivity index (χ1n) is 7.39. The summed E-state index contributed by atoms with van der Waals surface area (Å²) in [6.07, 6.45) is 0. The van der Waals surface area contributed by atoms with E-state index in [1.165, 1.54) is 13.0 Å². The van der Waals surface area contributed by atoms with Crippen LogP contribution in [-0.4, -0.2) is 30.9 Å². The Morgan fingerprint density at radius 1 is 1.04 bits per heavy atom. The Kier molecular flexibility index (Phi) is 6.71. The molecule has 0 aliphatic carbocycles. The average molecular weight is 406 g/mol. The maximum Gasteiger partial charge on any atom is 0.344 e. The minimum atomic E-state index is -0.683. The Bertz CT molecular complexity index is 791. The number of ketones is 1. The number of carbonyl (C=O) groups excluding carboxylic acids is 3. The largest absolute Gasteiger partial charge is 0.482 e. The van der Waals surface area contributed by atoms with Crippen LogP contribution >= 0.6 is 15.9 Å². The van der Waals surface area contributed by atoms with Crippen LogP contribution in [0, 0.1) is 0 Å². The van der Waals surface area contributed by atoms with Crippen molar-refractivity contribution in [2.75, 3.05) is 18.5 Å². The lowest BCUT2D eigenvalue weighted by Crippen LogP contribution is -2.23. The maximum absolute atomic E-state index is 11.7. The van der Waals surface area contributed by atoms with Crippen molar-refractivity contribution in [3.05, 3.63) is 58.6 Å². The van der Waals surface area contributed by atoms with Gasteiger partial charge in [0.05, 0.1) is 0 Å². The van der Waals surface area contributed by atoms with E-state index in [4.69, 9.17) is 9.47 Å². The van der Waals surface area contributed by atoms with Crippen LogP contribution in [0.2, 0.25) is 0 Å². The van der Waals surface area contributed by atoms with Crippen LogP contribution in [0.5, 0.6) is 5.75 Å². The van der Waals surface area contributed by atoms with Gasteiger partial charge in [0.2, 0.25) is 0 Å². The number of halogens is 1. The molecule has 0 bridgehead atoms. The topological polar surface area (TPSA) is 81.7 Å². The van der Waals surface area contributed by atoms with Gasteiger partial charge in [0.15, 0.2) is 19.0 Å². The number of esters is 1. The molecule has 0 saturated heterocycles. The van der Waals surface area contributed by atoms with Crippen molar-refractivity contribution in [1.29, 1.82) is 0 Å². The molecule has 130 valence electrons.